The number of nitrogens with one attached hydrogen (secondary N) is 1. The lowest BCUT2D eigenvalue weighted by molar-refractivity contribution is 0.986. The molecule has 0 saturated carbocycles. The van der Waals surface area contributed by atoms with Crippen molar-refractivity contribution in [3.63, 3.8) is 0 Å². The molecule has 2 heterocycles. The molecule has 0 fully saturated rings. The molecule has 1 N–H and O–H groups in total. The molecule has 2 aliphatic heterocycles. The Kier molecular flexibility index (Phi) is 2.96. The smallest absolute Gasteiger partial charge is 0.106 e. The Bertz CT molecular complexity index is 584. The molecule has 0 spiro atoms. The van der Waals surface area contributed by atoms with Gasteiger partial charge in [0.15, 0.2) is 0 Å². The molecule has 1 aromatic rings. The molecule has 3 rings (SSSR count). The lowest BCUT2D eigenvalue weighted by atomic mass is 10.1. The number of nitrogens with zero attached hydrogens (tertiary/aromatic N) is 2. The summed E-state index contributed by atoms with van der Waals surface area (Å²) in [5.41, 5.74) is 4.52. The van der Waals surface area contributed by atoms with Gasteiger partial charge in [0.1, 0.15) is 5.04 Å². The molecule has 0 aromatic heterocycles. The first-order valence-corrected chi connectivity index (χ1v) is 6.88. The number of hydrogen-bond acceptors (Lipinski definition) is 4. The van der Waals surface area contributed by atoms with Crippen LogP contribution in [-0.4, -0.2) is 23.8 Å². The zero-order valence-corrected chi connectivity index (χ0v) is 11.3. The molecule has 92 valence electrons. The van der Waals surface area contributed by atoms with Crippen molar-refractivity contribution in [3.8, 4) is 0 Å². The fourth-order valence-corrected chi connectivity index (χ4v) is 3.37. The van der Waals surface area contributed by atoms with Crippen LogP contribution in [0.5, 0.6) is 0 Å². The summed E-state index contributed by atoms with van der Waals surface area (Å²) in [5, 5.41) is 4.56. The van der Waals surface area contributed by atoms with Crippen LogP contribution in [0, 0.1) is 0 Å². The van der Waals surface area contributed by atoms with E-state index in [0.29, 0.717) is 0 Å². The number of aliphatic imine (C=N–C) groups is 2. The number of fused-ring (bicyclic) bond motifs is 2. The van der Waals surface area contributed by atoms with E-state index in [1.54, 1.807) is 11.8 Å². The van der Waals surface area contributed by atoms with Crippen molar-refractivity contribution < 1.29 is 0 Å². The number of allylic oxidation sites excluding steroid dienone is 1. The van der Waals surface area contributed by atoms with Crippen molar-refractivity contribution in [1.82, 2.24) is 0 Å². The third kappa shape index (κ3) is 1.97. The van der Waals surface area contributed by atoms with Crippen LogP contribution in [0.4, 0.5) is 5.69 Å². The Morgan fingerprint density at radius 3 is 2.78 bits per heavy atom. The second-order valence-corrected chi connectivity index (χ2v) is 5.41. The van der Waals surface area contributed by atoms with E-state index in [2.05, 4.69) is 47.3 Å². The van der Waals surface area contributed by atoms with Crippen LogP contribution in [0.15, 0.2) is 50.4 Å². The summed E-state index contributed by atoms with van der Waals surface area (Å²) in [6.07, 6.45) is 0. The molecule has 0 saturated heterocycles. The molecule has 0 atom stereocenters. The van der Waals surface area contributed by atoms with Crippen molar-refractivity contribution in [2.75, 3.05) is 18.4 Å². The van der Waals surface area contributed by atoms with Crippen LogP contribution in [0.3, 0.4) is 0 Å². The minimum absolute atomic E-state index is 0.776. The summed E-state index contributed by atoms with van der Waals surface area (Å²) in [7, 11) is 0. The predicted octanol–water partition coefficient (Wildman–Crippen LogP) is 3.35. The molecule has 0 aliphatic carbocycles. The maximum absolute atomic E-state index is 4.67. The molecule has 0 bridgehead atoms. The van der Waals surface area contributed by atoms with Gasteiger partial charge in [-0.15, -0.1) is 0 Å². The average molecular weight is 257 g/mol. The second kappa shape index (κ2) is 4.61. The van der Waals surface area contributed by atoms with Gasteiger partial charge in [-0.3, -0.25) is 9.98 Å². The van der Waals surface area contributed by atoms with E-state index in [0.717, 1.165) is 40.8 Å². The maximum Gasteiger partial charge on any atom is 0.106 e. The summed E-state index contributed by atoms with van der Waals surface area (Å²) in [5.74, 6) is 0. The molecule has 1 aromatic carbocycles. The van der Waals surface area contributed by atoms with Gasteiger partial charge in [0.05, 0.1) is 18.8 Å². The number of thioether (sulfide) groups is 1. The number of anilines is 1. The number of hydrogen-bond donors (Lipinski definition) is 1. The van der Waals surface area contributed by atoms with Crippen molar-refractivity contribution in [2.45, 2.75) is 18.7 Å². The Morgan fingerprint density at radius 1 is 1.11 bits per heavy atom. The van der Waals surface area contributed by atoms with Crippen molar-refractivity contribution >= 4 is 28.2 Å². The van der Waals surface area contributed by atoms with Crippen LogP contribution < -0.4 is 5.32 Å². The zero-order chi connectivity index (χ0) is 12.5. The predicted molar refractivity (Wildman–Crippen MR) is 78.9 cm³/mol. The van der Waals surface area contributed by atoms with E-state index in [1.807, 2.05) is 6.07 Å². The summed E-state index contributed by atoms with van der Waals surface area (Å²) in [4.78, 5) is 10.4. The molecule has 4 heteroatoms. The lowest BCUT2D eigenvalue weighted by Crippen LogP contribution is -2.10. The molecular weight excluding hydrogens is 242 g/mol. The maximum atomic E-state index is 4.67. The monoisotopic (exact) mass is 257 g/mol. The fraction of sp³-hybridized carbons (Fsp3) is 0.286. The Morgan fingerprint density at radius 2 is 1.89 bits per heavy atom. The van der Waals surface area contributed by atoms with E-state index in [-0.39, 0.29) is 0 Å². The highest BCUT2D eigenvalue weighted by molar-refractivity contribution is 8.14. The minimum Gasteiger partial charge on any atom is -0.358 e. The van der Waals surface area contributed by atoms with Crippen LogP contribution >= 0.6 is 11.8 Å². The second-order valence-electron chi connectivity index (χ2n) is 4.38. The Labute approximate surface area is 111 Å². The van der Waals surface area contributed by atoms with Gasteiger partial charge in [0, 0.05) is 21.9 Å². The number of para-hydroxylation sites is 1. The first-order valence-electron chi connectivity index (χ1n) is 6.07. The van der Waals surface area contributed by atoms with Gasteiger partial charge < -0.3 is 5.32 Å². The van der Waals surface area contributed by atoms with Crippen LogP contribution in [0.1, 0.15) is 13.8 Å². The minimum atomic E-state index is 0.776. The lowest BCUT2D eigenvalue weighted by Gasteiger charge is -2.09. The topological polar surface area (TPSA) is 36.8 Å². The van der Waals surface area contributed by atoms with Crippen molar-refractivity contribution in [1.29, 1.82) is 0 Å². The van der Waals surface area contributed by atoms with E-state index in [4.69, 9.17) is 0 Å². The highest BCUT2D eigenvalue weighted by Gasteiger charge is 2.22. The van der Waals surface area contributed by atoms with Crippen LogP contribution in [0.2, 0.25) is 0 Å². The molecule has 3 nitrogen and oxygen atoms in total. The highest BCUT2D eigenvalue weighted by Crippen LogP contribution is 2.36. The quantitative estimate of drug-likeness (QED) is 0.773. The van der Waals surface area contributed by atoms with Gasteiger partial charge in [-0.05, 0) is 26.0 Å². The van der Waals surface area contributed by atoms with Gasteiger partial charge in [0.25, 0.3) is 0 Å². The summed E-state index contributed by atoms with van der Waals surface area (Å²) in [6, 6.07) is 8.34. The Hall–Kier alpha value is -1.55. The van der Waals surface area contributed by atoms with E-state index >= 15 is 0 Å². The van der Waals surface area contributed by atoms with Gasteiger partial charge >= 0.3 is 0 Å². The van der Waals surface area contributed by atoms with E-state index in [1.165, 1.54) is 4.90 Å². The normalized spacial score (nSPS) is 18.8. The van der Waals surface area contributed by atoms with Gasteiger partial charge in [-0.25, -0.2) is 0 Å². The molecule has 2 aliphatic rings. The third-order valence-corrected chi connectivity index (χ3v) is 4.17. The molecule has 0 amide bonds. The van der Waals surface area contributed by atoms with E-state index in [9.17, 15) is 0 Å². The highest BCUT2D eigenvalue weighted by atomic mass is 32.2. The zero-order valence-electron chi connectivity index (χ0n) is 10.5. The van der Waals surface area contributed by atoms with Gasteiger partial charge in [0.2, 0.25) is 0 Å². The summed E-state index contributed by atoms with van der Waals surface area (Å²) in [6.45, 7) is 5.72. The van der Waals surface area contributed by atoms with Crippen molar-refractivity contribution in [2.24, 2.45) is 9.98 Å². The average Bonchev–Trinajstić information content (AvgIpc) is 2.61. The molecular formula is C14H15N3S. The summed E-state index contributed by atoms with van der Waals surface area (Å²) >= 11 is 1.73. The molecule has 0 radical (unpaired) electrons. The first-order chi connectivity index (χ1) is 8.75. The van der Waals surface area contributed by atoms with Gasteiger partial charge in [-0.1, -0.05) is 23.9 Å². The SMILES string of the molecule is CC1=NCCN=C2Sc3ccccc3NC(C)=C12. The van der Waals surface area contributed by atoms with Crippen LogP contribution in [0.25, 0.3) is 0 Å². The van der Waals surface area contributed by atoms with Gasteiger partial charge in [-0.2, -0.15) is 0 Å². The first kappa shape index (κ1) is 11.5. The third-order valence-electron chi connectivity index (χ3n) is 3.07. The largest absolute Gasteiger partial charge is 0.358 e. The standard InChI is InChI=1S/C14H15N3S/c1-9-13-10(2)17-11-5-3-4-6-12(11)18-14(13)16-8-7-15-9/h3-6,17H,7-8H2,1-2H3. The molecule has 0 unspecified atom stereocenters. The van der Waals surface area contributed by atoms with Crippen molar-refractivity contribution in [3.05, 3.63) is 35.5 Å². The number of rotatable bonds is 0. The van der Waals surface area contributed by atoms with Crippen LogP contribution in [-0.2, 0) is 0 Å². The Balaban J connectivity index is 2.15. The number of benzene rings is 1. The fourth-order valence-electron chi connectivity index (χ4n) is 2.22. The van der Waals surface area contributed by atoms with E-state index < -0.39 is 0 Å². The summed E-state index contributed by atoms with van der Waals surface area (Å²) < 4.78 is 0. The molecule has 18 heavy (non-hydrogen) atoms.